The molecule has 0 aliphatic rings. The molecule has 0 bridgehead atoms. The summed E-state index contributed by atoms with van der Waals surface area (Å²) in [4.78, 5) is 4.59. The van der Waals surface area contributed by atoms with E-state index >= 15 is 0 Å². The molecule has 146 valence electrons. The van der Waals surface area contributed by atoms with Gasteiger partial charge in [-0.3, -0.25) is 0 Å². The summed E-state index contributed by atoms with van der Waals surface area (Å²) in [5.74, 6) is -0.406. The van der Waals surface area contributed by atoms with Crippen LogP contribution in [0, 0.1) is 17.1 Å². The number of hydrogen-bond acceptors (Lipinski definition) is 4. The van der Waals surface area contributed by atoms with Crippen molar-refractivity contribution < 1.29 is 4.39 Å². The number of aromatic nitrogens is 1. The fourth-order valence-corrected chi connectivity index (χ4v) is 4.02. The van der Waals surface area contributed by atoms with Crippen LogP contribution in [-0.2, 0) is 0 Å². The lowest BCUT2D eigenvalue weighted by Gasteiger charge is -2.04. The van der Waals surface area contributed by atoms with Gasteiger partial charge in [0.2, 0.25) is 0 Å². The number of benzene rings is 3. The zero-order valence-electron chi connectivity index (χ0n) is 15.6. The molecule has 0 aliphatic carbocycles. The van der Waals surface area contributed by atoms with Crippen molar-refractivity contribution in [3.63, 3.8) is 0 Å². The number of nitrogens with one attached hydrogen (secondary N) is 1. The molecule has 30 heavy (non-hydrogen) atoms. The van der Waals surface area contributed by atoms with E-state index in [4.69, 9.17) is 0 Å². The van der Waals surface area contributed by atoms with E-state index in [0.29, 0.717) is 20.7 Å². The Morgan fingerprint density at radius 2 is 1.70 bits per heavy atom. The second kappa shape index (κ2) is 9.04. The monoisotopic (exact) mass is 475 g/mol. The van der Waals surface area contributed by atoms with Crippen LogP contribution in [0.1, 0.15) is 5.01 Å². The maximum atomic E-state index is 14.0. The summed E-state index contributed by atoms with van der Waals surface area (Å²) in [6.45, 7) is 0. The molecule has 0 amide bonds. The first-order valence-corrected chi connectivity index (χ1v) is 10.7. The molecular formula is C24H15BrFN3S. The first-order chi connectivity index (χ1) is 14.6. The molecule has 1 aromatic heterocycles. The van der Waals surface area contributed by atoms with Gasteiger partial charge in [0.15, 0.2) is 0 Å². The molecule has 3 nitrogen and oxygen atoms in total. The van der Waals surface area contributed by atoms with Crippen molar-refractivity contribution in [2.24, 2.45) is 0 Å². The average molecular weight is 476 g/mol. The van der Waals surface area contributed by atoms with Gasteiger partial charge >= 0.3 is 0 Å². The molecule has 0 atom stereocenters. The van der Waals surface area contributed by atoms with E-state index in [1.54, 1.807) is 12.1 Å². The quantitative estimate of drug-likeness (QED) is 0.306. The van der Waals surface area contributed by atoms with E-state index in [-0.39, 0.29) is 0 Å². The minimum absolute atomic E-state index is 0.291. The fourth-order valence-electron chi connectivity index (χ4n) is 2.89. The van der Waals surface area contributed by atoms with Gasteiger partial charge in [0.25, 0.3) is 0 Å². The van der Waals surface area contributed by atoms with Crippen molar-refractivity contribution in [1.82, 2.24) is 4.98 Å². The van der Waals surface area contributed by atoms with Crippen LogP contribution in [0.2, 0.25) is 0 Å². The molecular weight excluding hydrogens is 461 g/mol. The van der Waals surface area contributed by atoms with Gasteiger partial charge in [-0.05, 0) is 29.3 Å². The maximum absolute atomic E-state index is 14.0. The van der Waals surface area contributed by atoms with E-state index in [0.717, 1.165) is 22.4 Å². The Morgan fingerprint density at radius 3 is 2.40 bits per heavy atom. The number of rotatable bonds is 5. The molecule has 0 saturated carbocycles. The van der Waals surface area contributed by atoms with Crippen molar-refractivity contribution in [2.75, 3.05) is 5.32 Å². The van der Waals surface area contributed by atoms with Crippen LogP contribution in [0.3, 0.4) is 0 Å². The number of nitrogens with zero attached hydrogens (tertiary/aromatic N) is 2. The van der Waals surface area contributed by atoms with Crippen molar-refractivity contribution in [2.45, 2.75) is 0 Å². The Hall–Kier alpha value is -3.27. The van der Waals surface area contributed by atoms with Crippen molar-refractivity contribution in [3.05, 3.63) is 99.7 Å². The lowest BCUT2D eigenvalue weighted by atomic mass is 10.0. The van der Waals surface area contributed by atoms with E-state index in [1.165, 1.54) is 23.6 Å². The highest BCUT2D eigenvalue weighted by Gasteiger charge is 2.10. The van der Waals surface area contributed by atoms with Crippen LogP contribution in [-0.4, -0.2) is 4.98 Å². The van der Waals surface area contributed by atoms with Crippen molar-refractivity contribution >= 4 is 38.5 Å². The lowest BCUT2D eigenvalue weighted by Crippen LogP contribution is -1.94. The number of hydrogen-bond donors (Lipinski definition) is 1. The molecule has 0 radical (unpaired) electrons. The third kappa shape index (κ3) is 4.48. The molecule has 3 aromatic carbocycles. The lowest BCUT2D eigenvalue weighted by molar-refractivity contribution is 0.631. The topological polar surface area (TPSA) is 48.7 Å². The van der Waals surface area contributed by atoms with Crippen molar-refractivity contribution in [3.8, 4) is 28.5 Å². The first kappa shape index (κ1) is 20.0. The standard InChI is InChI=1S/C24H15BrFN3S/c25-20-10-11-22(21(26)12-20)28-14-19(13-27)24-29-23(15-30-24)18-8-6-17(7-9-18)16-4-2-1-3-5-16/h1-12,14-15,28H/b19-14-. The number of anilines is 1. The zero-order chi connectivity index (χ0) is 20.9. The van der Waals surface area contributed by atoms with Gasteiger partial charge in [-0.2, -0.15) is 5.26 Å². The van der Waals surface area contributed by atoms with Gasteiger partial charge in [-0.1, -0.05) is 70.5 Å². The Bertz CT molecular complexity index is 1240. The van der Waals surface area contributed by atoms with E-state index in [9.17, 15) is 9.65 Å². The second-order valence-electron chi connectivity index (χ2n) is 6.42. The van der Waals surface area contributed by atoms with Gasteiger partial charge < -0.3 is 5.32 Å². The fraction of sp³-hybridized carbons (Fsp3) is 0. The molecule has 6 heteroatoms. The summed E-state index contributed by atoms with van der Waals surface area (Å²) in [6.07, 6.45) is 1.48. The van der Waals surface area contributed by atoms with Crippen LogP contribution < -0.4 is 5.32 Å². The Labute approximate surface area is 186 Å². The van der Waals surface area contributed by atoms with E-state index in [2.05, 4.69) is 56.6 Å². The first-order valence-electron chi connectivity index (χ1n) is 9.07. The third-order valence-corrected chi connectivity index (χ3v) is 5.81. The maximum Gasteiger partial charge on any atom is 0.147 e. The normalized spacial score (nSPS) is 11.2. The van der Waals surface area contributed by atoms with E-state index in [1.807, 2.05) is 35.7 Å². The SMILES string of the molecule is N#C/C(=C/Nc1ccc(Br)cc1F)c1nc(-c2ccc(-c3ccccc3)cc2)cs1. The van der Waals surface area contributed by atoms with Gasteiger partial charge in [-0.15, -0.1) is 11.3 Å². The highest BCUT2D eigenvalue weighted by molar-refractivity contribution is 9.10. The molecule has 0 spiro atoms. The molecule has 4 aromatic rings. The van der Waals surface area contributed by atoms with Gasteiger partial charge in [0.1, 0.15) is 22.5 Å². The summed E-state index contributed by atoms with van der Waals surface area (Å²) < 4.78 is 14.6. The summed E-state index contributed by atoms with van der Waals surface area (Å²) in [7, 11) is 0. The van der Waals surface area contributed by atoms with Gasteiger partial charge in [0, 0.05) is 21.6 Å². The molecule has 1 heterocycles. The van der Waals surface area contributed by atoms with Crippen LogP contribution in [0.4, 0.5) is 10.1 Å². The molecule has 0 fully saturated rings. The predicted octanol–water partition coefficient (Wildman–Crippen LogP) is 7.36. The van der Waals surface area contributed by atoms with Crippen molar-refractivity contribution in [1.29, 1.82) is 5.26 Å². The molecule has 1 N–H and O–H groups in total. The number of thiazole rings is 1. The summed E-state index contributed by atoms with van der Waals surface area (Å²) >= 11 is 4.60. The Kier molecular flexibility index (Phi) is 6.03. The summed E-state index contributed by atoms with van der Waals surface area (Å²) in [6, 6.07) is 25.1. The molecule has 4 rings (SSSR count). The van der Waals surface area contributed by atoms with Gasteiger partial charge in [-0.25, -0.2) is 9.37 Å². The highest BCUT2D eigenvalue weighted by Crippen LogP contribution is 2.28. The Balaban J connectivity index is 1.54. The van der Waals surface area contributed by atoms with Crippen LogP contribution in [0.15, 0.2) is 88.8 Å². The average Bonchev–Trinajstić information content (AvgIpc) is 3.26. The third-order valence-electron chi connectivity index (χ3n) is 4.45. The van der Waals surface area contributed by atoms with Crippen LogP contribution in [0.25, 0.3) is 28.0 Å². The number of nitriles is 1. The van der Waals surface area contributed by atoms with Gasteiger partial charge in [0.05, 0.1) is 11.4 Å². The zero-order valence-corrected chi connectivity index (χ0v) is 18.0. The summed E-state index contributed by atoms with van der Waals surface area (Å²) in [5, 5.41) is 14.9. The highest BCUT2D eigenvalue weighted by atomic mass is 79.9. The molecule has 0 saturated heterocycles. The number of halogens is 2. The second-order valence-corrected chi connectivity index (χ2v) is 8.19. The molecule has 0 aliphatic heterocycles. The van der Waals surface area contributed by atoms with Crippen LogP contribution in [0.5, 0.6) is 0 Å². The van der Waals surface area contributed by atoms with Crippen LogP contribution >= 0.6 is 27.3 Å². The number of allylic oxidation sites excluding steroid dienone is 1. The minimum atomic E-state index is -0.406. The smallest absolute Gasteiger partial charge is 0.147 e. The minimum Gasteiger partial charge on any atom is -0.358 e. The Morgan fingerprint density at radius 1 is 1.00 bits per heavy atom. The molecule has 0 unspecified atom stereocenters. The largest absolute Gasteiger partial charge is 0.358 e. The van der Waals surface area contributed by atoms with E-state index < -0.39 is 5.82 Å². The summed E-state index contributed by atoms with van der Waals surface area (Å²) in [5.41, 5.74) is 4.69. The predicted molar refractivity (Wildman–Crippen MR) is 124 cm³/mol.